The lowest BCUT2D eigenvalue weighted by Gasteiger charge is -2.28. The summed E-state index contributed by atoms with van der Waals surface area (Å²) in [7, 11) is 0. The summed E-state index contributed by atoms with van der Waals surface area (Å²) in [6, 6.07) is 0. The van der Waals surface area contributed by atoms with Crippen LogP contribution in [0.4, 0.5) is 0 Å². The smallest absolute Gasteiger partial charge is 0.306 e. The molecule has 3 atom stereocenters. The summed E-state index contributed by atoms with van der Waals surface area (Å²) in [6.07, 6.45) is 7.34. The second-order valence-electron chi connectivity index (χ2n) is 5.97. The highest BCUT2D eigenvalue weighted by Crippen LogP contribution is 2.29. The molecule has 2 rings (SSSR count). The molecule has 2 aliphatic rings. The highest BCUT2D eigenvalue weighted by Gasteiger charge is 2.30. The molecule has 2 fully saturated rings. The van der Waals surface area contributed by atoms with Crippen molar-refractivity contribution in [1.82, 2.24) is 5.32 Å². The van der Waals surface area contributed by atoms with Crippen LogP contribution in [0.2, 0.25) is 0 Å². The molecular formula is C15H25NO4. The molecule has 20 heavy (non-hydrogen) atoms. The van der Waals surface area contributed by atoms with Crippen molar-refractivity contribution in [2.45, 2.75) is 57.5 Å². The number of hydrogen-bond donors (Lipinski definition) is 2. The molecular weight excluding hydrogens is 258 g/mol. The number of amides is 1. The third-order valence-corrected chi connectivity index (χ3v) is 4.51. The summed E-state index contributed by atoms with van der Waals surface area (Å²) >= 11 is 0. The van der Waals surface area contributed by atoms with Gasteiger partial charge in [0, 0.05) is 19.6 Å². The van der Waals surface area contributed by atoms with Crippen molar-refractivity contribution < 1.29 is 19.4 Å². The molecule has 0 bridgehead atoms. The largest absolute Gasteiger partial charge is 0.481 e. The Hall–Kier alpha value is -1.10. The van der Waals surface area contributed by atoms with E-state index < -0.39 is 5.97 Å². The van der Waals surface area contributed by atoms with Gasteiger partial charge < -0.3 is 15.2 Å². The quantitative estimate of drug-likeness (QED) is 0.781. The Balaban J connectivity index is 1.67. The summed E-state index contributed by atoms with van der Waals surface area (Å²) in [5.74, 6) is -0.895. The van der Waals surface area contributed by atoms with Gasteiger partial charge in [-0.1, -0.05) is 12.8 Å². The van der Waals surface area contributed by atoms with Gasteiger partial charge >= 0.3 is 5.97 Å². The molecule has 5 heteroatoms. The Morgan fingerprint density at radius 3 is 2.65 bits per heavy atom. The highest BCUT2D eigenvalue weighted by atomic mass is 16.5. The van der Waals surface area contributed by atoms with Gasteiger partial charge in [-0.15, -0.1) is 0 Å². The first-order valence-corrected chi connectivity index (χ1v) is 7.78. The molecule has 0 radical (unpaired) electrons. The SMILES string of the molecule is O=C(CCC1CCCO1)NCC1CCCCC1C(=O)O. The lowest BCUT2D eigenvalue weighted by atomic mass is 9.79. The molecule has 2 N–H and O–H groups in total. The summed E-state index contributed by atoms with van der Waals surface area (Å²) in [6.45, 7) is 1.32. The topological polar surface area (TPSA) is 75.6 Å². The molecule has 1 heterocycles. The Morgan fingerprint density at radius 2 is 1.95 bits per heavy atom. The number of carboxylic acids is 1. The van der Waals surface area contributed by atoms with Crippen LogP contribution in [0.1, 0.15) is 51.4 Å². The van der Waals surface area contributed by atoms with Crippen molar-refractivity contribution in [1.29, 1.82) is 0 Å². The molecule has 1 aliphatic heterocycles. The fourth-order valence-corrected chi connectivity index (χ4v) is 3.27. The zero-order valence-electron chi connectivity index (χ0n) is 12.0. The van der Waals surface area contributed by atoms with E-state index >= 15 is 0 Å². The summed E-state index contributed by atoms with van der Waals surface area (Å²) in [5.41, 5.74) is 0. The molecule has 0 aromatic carbocycles. The van der Waals surface area contributed by atoms with E-state index in [0.29, 0.717) is 13.0 Å². The zero-order valence-corrected chi connectivity index (χ0v) is 12.0. The normalized spacial score (nSPS) is 30.1. The molecule has 1 aliphatic carbocycles. The molecule has 1 saturated heterocycles. The van der Waals surface area contributed by atoms with E-state index in [1.165, 1.54) is 0 Å². The first-order valence-electron chi connectivity index (χ1n) is 7.78. The van der Waals surface area contributed by atoms with E-state index in [1.54, 1.807) is 0 Å². The second kappa shape index (κ2) is 7.62. The van der Waals surface area contributed by atoms with E-state index in [-0.39, 0.29) is 23.8 Å². The van der Waals surface area contributed by atoms with Gasteiger partial charge in [-0.25, -0.2) is 0 Å². The first-order chi connectivity index (χ1) is 9.66. The monoisotopic (exact) mass is 283 g/mol. The minimum atomic E-state index is -0.719. The van der Waals surface area contributed by atoms with Crippen molar-refractivity contribution in [3.63, 3.8) is 0 Å². The molecule has 1 saturated carbocycles. The van der Waals surface area contributed by atoms with Gasteiger partial charge in [0.2, 0.25) is 5.91 Å². The van der Waals surface area contributed by atoms with E-state index in [9.17, 15) is 14.7 Å². The maximum atomic E-state index is 11.8. The first kappa shape index (κ1) is 15.3. The lowest BCUT2D eigenvalue weighted by molar-refractivity contribution is -0.145. The maximum Gasteiger partial charge on any atom is 0.306 e. The highest BCUT2D eigenvalue weighted by molar-refractivity contribution is 5.76. The van der Waals surface area contributed by atoms with E-state index in [0.717, 1.165) is 51.6 Å². The Morgan fingerprint density at radius 1 is 1.15 bits per heavy atom. The fraction of sp³-hybridized carbons (Fsp3) is 0.867. The van der Waals surface area contributed by atoms with Crippen LogP contribution in [0.5, 0.6) is 0 Å². The van der Waals surface area contributed by atoms with Gasteiger partial charge in [-0.2, -0.15) is 0 Å². The van der Waals surface area contributed by atoms with Crippen LogP contribution in [-0.2, 0) is 14.3 Å². The molecule has 0 aromatic rings. The average Bonchev–Trinajstić information content (AvgIpc) is 2.96. The third kappa shape index (κ3) is 4.47. The maximum absolute atomic E-state index is 11.8. The number of hydrogen-bond acceptors (Lipinski definition) is 3. The average molecular weight is 283 g/mol. The van der Waals surface area contributed by atoms with E-state index in [2.05, 4.69) is 5.32 Å². The van der Waals surface area contributed by atoms with Crippen molar-refractivity contribution in [2.24, 2.45) is 11.8 Å². The second-order valence-corrected chi connectivity index (χ2v) is 5.97. The minimum absolute atomic E-state index is 0.0233. The number of aliphatic carboxylic acids is 1. The van der Waals surface area contributed by atoms with Crippen molar-refractivity contribution >= 4 is 11.9 Å². The van der Waals surface area contributed by atoms with Gasteiger partial charge in [0.05, 0.1) is 12.0 Å². The van der Waals surface area contributed by atoms with Gasteiger partial charge in [0.15, 0.2) is 0 Å². The van der Waals surface area contributed by atoms with Crippen LogP contribution in [0.25, 0.3) is 0 Å². The van der Waals surface area contributed by atoms with Crippen molar-refractivity contribution in [3.8, 4) is 0 Å². The minimum Gasteiger partial charge on any atom is -0.481 e. The fourth-order valence-electron chi connectivity index (χ4n) is 3.27. The van der Waals surface area contributed by atoms with Crippen LogP contribution in [0, 0.1) is 11.8 Å². The summed E-state index contributed by atoms with van der Waals surface area (Å²) < 4.78 is 5.49. The molecule has 0 aromatic heterocycles. The van der Waals surface area contributed by atoms with Gasteiger partial charge in [0.25, 0.3) is 0 Å². The van der Waals surface area contributed by atoms with Gasteiger partial charge in [-0.3, -0.25) is 9.59 Å². The predicted octanol–water partition coefficient (Wildman–Crippen LogP) is 1.95. The predicted molar refractivity (Wildman–Crippen MR) is 74.3 cm³/mol. The number of carboxylic acid groups (broad SMARTS) is 1. The number of carbonyl (C=O) groups excluding carboxylic acids is 1. The third-order valence-electron chi connectivity index (χ3n) is 4.51. The molecule has 114 valence electrons. The van der Waals surface area contributed by atoms with Crippen LogP contribution >= 0.6 is 0 Å². The van der Waals surface area contributed by atoms with Gasteiger partial charge in [-0.05, 0) is 38.0 Å². The van der Waals surface area contributed by atoms with Gasteiger partial charge in [0.1, 0.15) is 0 Å². The van der Waals surface area contributed by atoms with E-state index in [4.69, 9.17) is 4.74 Å². The number of carbonyl (C=O) groups is 2. The number of nitrogens with one attached hydrogen (secondary N) is 1. The standard InChI is InChI=1S/C15H25NO4/c17-14(8-7-12-5-3-9-20-12)16-10-11-4-1-2-6-13(11)15(18)19/h11-13H,1-10H2,(H,16,17)(H,18,19). The molecule has 0 spiro atoms. The lowest BCUT2D eigenvalue weighted by Crippen LogP contribution is -2.37. The van der Waals surface area contributed by atoms with Crippen LogP contribution < -0.4 is 5.32 Å². The molecule has 5 nitrogen and oxygen atoms in total. The Kier molecular flexibility index (Phi) is 5.83. The number of rotatable bonds is 6. The van der Waals surface area contributed by atoms with E-state index in [1.807, 2.05) is 0 Å². The zero-order chi connectivity index (χ0) is 14.4. The molecule has 3 unspecified atom stereocenters. The summed E-state index contributed by atoms with van der Waals surface area (Å²) in [5, 5.41) is 12.1. The van der Waals surface area contributed by atoms with Crippen LogP contribution in [0.15, 0.2) is 0 Å². The van der Waals surface area contributed by atoms with Crippen LogP contribution in [-0.4, -0.2) is 36.2 Å². The van der Waals surface area contributed by atoms with Crippen molar-refractivity contribution in [3.05, 3.63) is 0 Å². The Bertz CT molecular complexity index is 339. The summed E-state index contributed by atoms with van der Waals surface area (Å²) in [4.78, 5) is 23.0. The number of ether oxygens (including phenoxy) is 1. The molecule has 1 amide bonds. The van der Waals surface area contributed by atoms with Crippen molar-refractivity contribution in [2.75, 3.05) is 13.2 Å². The Labute approximate surface area is 120 Å². The van der Waals surface area contributed by atoms with Crippen LogP contribution in [0.3, 0.4) is 0 Å².